The maximum atomic E-state index is 13.2. The van der Waals surface area contributed by atoms with Crippen molar-refractivity contribution in [1.29, 1.82) is 0 Å². The van der Waals surface area contributed by atoms with Crippen LogP contribution in [-0.4, -0.2) is 12.2 Å². The van der Waals surface area contributed by atoms with Crippen molar-refractivity contribution in [2.75, 3.05) is 7.11 Å². The third-order valence-electron chi connectivity index (χ3n) is 2.71. The molecular weight excluding hydrogens is 247 g/mol. The van der Waals surface area contributed by atoms with Crippen molar-refractivity contribution in [3.63, 3.8) is 0 Å². The van der Waals surface area contributed by atoms with Crippen LogP contribution in [0.1, 0.15) is 18.6 Å². The van der Waals surface area contributed by atoms with Gasteiger partial charge in [-0.1, -0.05) is 0 Å². The first-order chi connectivity index (χ1) is 9.10. The molecule has 0 aromatic heterocycles. The fraction of sp³-hybridized carbons (Fsp3) is 0.200. The number of hydrogen-bond acceptors (Lipinski definition) is 3. The molecule has 1 atom stereocenters. The molecule has 2 rings (SSSR count). The second-order valence-corrected chi connectivity index (χ2v) is 4.14. The summed E-state index contributed by atoms with van der Waals surface area (Å²) < 4.78 is 23.9. The van der Waals surface area contributed by atoms with Crippen LogP contribution in [0.3, 0.4) is 0 Å². The highest BCUT2D eigenvalue weighted by Gasteiger charge is 2.11. The van der Waals surface area contributed by atoms with Gasteiger partial charge in [-0.25, -0.2) is 4.39 Å². The largest absolute Gasteiger partial charge is 0.497 e. The van der Waals surface area contributed by atoms with E-state index in [0.717, 1.165) is 5.75 Å². The zero-order valence-corrected chi connectivity index (χ0v) is 10.8. The number of hydrogen-bond donors (Lipinski definition) is 1. The van der Waals surface area contributed by atoms with E-state index in [9.17, 15) is 9.50 Å². The van der Waals surface area contributed by atoms with E-state index in [2.05, 4.69) is 0 Å². The first-order valence-electron chi connectivity index (χ1n) is 5.89. The molecule has 19 heavy (non-hydrogen) atoms. The van der Waals surface area contributed by atoms with Gasteiger partial charge in [0.25, 0.3) is 0 Å². The molecular formula is C15H15FO3. The lowest BCUT2D eigenvalue weighted by molar-refractivity contribution is 0.195. The summed E-state index contributed by atoms with van der Waals surface area (Å²) in [5, 5.41) is 9.62. The first kappa shape index (κ1) is 13.4. The molecule has 0 aliphatic rings. The number of aliphatic hydroxyl groups is 1. The van der Waals surface area contributed by atoms with Gasteiger partial charge in [0.15, 0.2) is 0 Å². The van der Waals surface area contributed by atoms with Gasteiger partial charge in [-0.2, -0.15) is 0 Å². The Morgan fingerprint density at radius 3 is 2.26 bits per heavy atom. The fourth-order valence-corrected chi connectivity index (χ4v) is 1.71. The Morgan fingerprint density at radius 2 is 1.68 bits per heavy atom. The van der Waals surface area contributed by atoms with E-state index in [1.54, 1.807) is 38.3 Å². The van der Waals surface area contributed by atoms with Gasteiger partial charge in [-0.05, 0) is 49.4 Å². The molecule has 0 aliphatic carbocycles. The molecule has 4 heteroatoms. The third-order valence-corrected chi connectivity index (χ3v) is 2.71. The van der Waals surface area contributed by atoms with Gasteiger partial charge in [-0.15, -0.1) is 0 Å². The van der Waals surface area contributed by atoms with Gasteiger partial charge < -0.3 is 14.6 Å². The number of rotatable bonds is 4. The Hall–Kier alpha value is -2.07. The highest BCUT2D eigenvalue weighted by molar-refractivity contribution is 5.40. The number of aliphatic hydroxyl groups excluding tert-OH is 1. The maximum Gasteiger partial charge on any atom is 0.133 e. The second kappa shape index (κ2) is 5.71. The fourth-order valence-electron chi connectivity index (χ4n) is 1.71. The molecule has 100 valence electrons. The Labute approximate surface area is 111 Å². The lowest BCUT2D eigenvalue weighted by Gasteiger charge is -2.13. The van der Waals surface area contributed by atoms with Crippen molar-refractivity contribution in [1.82, 2.24) is 0 Å². The number of halogens is 1. The highest BCUT2D eigenvalue weighted by atomic mass is 19.1. The summed E-state index contributed by atoms with van der Waals surface area (Å²) in [7, 11) is 1.58. The number of ether oxygens (including phenoxy) is 2. The van der Waals surface area contributed by atoms with Crippen molar-refractivity contribution < 1.29 is 19.0 Å². The normalized spacial score (nSPS) is 12.0. The molecule has 0 aliphatic heterocycles. The zero-order valence-electron chi connectivity index (χ0n) is 10.8. The predicted molar refractivity (Wildman–Crippen MR) is 70.1 cm³/mol. The smallest absolute Gasteiger partial charge is 0.133 e. The summed E-state index contributed by atoms with van der Waals surface area (Å²) in [6, 6.07) is 11.1. The van der Waals surface area contributed by atoms with Crippen LogP contribution in [0, 0.1) is 5.82 Å². The molecule has 0 bridgehead atoms. The average Bonchev–Trinajstić information content (AvgIpc) is 2.41. The predicted octanol–water partition coefficient (Wildman–Crippen LogP) is 3.68. The minimum absolute atomic E-state index is 0.405. The number of methoxy groups -OCH3 is 1. The van der Waals surface area contributed by atoms with Gasteiger partial charge in [0, 0.05) is 5.56 Å². The molecule has 1 N–H and O–H groups in total. The van der Waals surface area contributed by atoms with Crippen molar-refractivity contribution in [3.8, 4) is 17.2 Å². The van der Waals surface area contributed by atoms with Crippen LogP contribution in [0.2, 0.25) is 0 Å². The molecule has 0 radical (unpaired) electrons. The van der Waals surface area contributed by atoms with Crippen LogP contribution < -0.4 is 9.47 Å². The van der Waals surface area contributed by atoms with Crippen molar-refractivity contribution in [2.45, 2.75) is 13.0 Å². The average molecular weight is 262 g/mol. The van der Waals surface area contributed by atoms with Crippen LogP contribution in [-0.2, 0) is 0 Å². The first-order valence-corrected chi connectivity index (χ1v) is 5.89. The van der Waals surface area contributed by atoms with Crippen molar-refractivity contribution >= 4 is 0 Å². The van der Waals surface area contributed by atoms with Gasteiger partial charge >= 0.3 is 0 Å². The molecule has 0 amide bonds. The Balaban J connectivity index is 2.26. The molecule has 0 heterocycles. The van der Waals surface area contributed by atoms with E-state index in [1.165, 1.54) is 18.2 Å². The van der Waals surface area contributed by atoms with Gasteiger partial charge in [0.05, 0.1) is 13.2 Å². The molecule has 3 nitrogen and oxygen atoms in total. The maximum absolute atomic E-state index is 13.2. The summed E-state index contributed by atoms with van der Waals surface area (Å²) in [4.78, 5) is 0. The summed E-state index contributed by atoms with van der Waals surface area (Å²) in [6.07, 6.45) is -0.802. The van der Waals surface area contributed by atoms with Crippen LogP contribution in [0.25, 0.3) is 0 Å². The lowest BCUT2D eigenvalue weighted by atomic mass is 10.1. The van der Waals surface area contributed by atoms with Gasteiger partial charge in [0.1, 0.15) is 23.1 Å². The molecule has 2 aromatic carbocycles. The number of benzene rings is 2. The third kappa shape index (κ3) is 3.23. The minimum atomic E-state index is -0.802. The topological polar surface area (TPSA) is 38.7 Å². The molecule has 0 saturated heterocycles. The summed E-state index contributed by atoms with van der Waals surface area (Å²) >= 11 is 0. The van der Waals surface area contributed by atoms with Crippen LogP contribution >= 0.6 is 0 Å². The van der Waals surface area contributed by atoms with Gasteiger partial charge in [0.2, 0.25) is 0 Å². The molecule has 2 aromatic rings. The summed E-state index contributed by atoms with van der Waals surface area (Å²) in [5.74, 6) is 1.34. The standard InChI is InChI=1S/C15H15FO3/c1-10(17)14-9-11(16)3-8-15(14)19-13-6-4-12(18-2)5-7-13/h3-10,17H,1-2H3/t10-/m1/s1. The molecule has 0 spiro atoms. The molecule has 0 unspecified atom stereocenters. The van der Waals surface area contributed by atoms with Gasteiger partial charge in [-0.3, -0.25) is 0 Å². The zero-order chi connectivity index (χ0) is 13.8. The van der Waals surface area contributed by atoms with Crippen molar-refractivity contribution in [3.05, 3.63) is 53.8 Å². The van der Waals surface area contributed by atoms with Crippen LogP contribution in [0.5, 0.6) is 17.2 Å². The van der Waals surface area contributed by atoms with E-state index >= 15 is 0 Å². The van der Waals surface area contributed by atoms with E-state index in [0.29, 0.717) is 17.1 Å². The Morgan fingerprint density at radius 1 is 1.05 bits per heavy atom. The monoisotopic (exact) mass is 262 g/mol. The van der Waals surface area contributed by atoms with E-state index in [4.69, 9.17) is 9.47 Å². The SMILES string of the molecule is COc1ccc(Oc2ccc(F)cc2[C@@H](C)O)cc1. The Bertz CT molecular complexity index is 550. The van der Waals surface area contributed by atoms with E-state index < -0.39 is 11.9 Å². The van der Waals surface area contributed by atoms with Crippen LogP contribution in [0.15, 0.2) is 42.5 Å². The molecule has 0 saturated carbocycles. The lowest BCUT2D eigenvalue weighted by Crippen LogP contribution is -1.97. The second-order valence-electron chi connectivity index (χ2n) is 4.14. The quantitative estimate of drug-likeness (QED) is 0.913. The highest BCUT2D eigenvalue weighted by Crippen LogP contribution is 2.30. The van der Waals surface area contributed by atoms with Crippen LogP contribution in [0.4, 0.5) is 4.39 Å². The summed E-state index contributed by atoms with van der Waals surface area (Å²) in [6.45, 7) is 1.57. The van der Waals surface area contributed by atoms with E-state index in [1.807, 2.05) is 0 Å². The van der Waals surface area contributed by atoms with E-state index in [-0.39, 0.29) is 0 Å². The Kier molecular flexibility index (Phi) is 4.02. The minimum Gasteiger partial charge on any atom is -0.497 e. The molecule has 0 fully saturated rings. The summed E-state index contributed by atoms with van der Waals surface area (Å²) in [5.41, 5.74) is 0.413. The van der Waals surface area contributed by atoms with Crippen molar-refractivity contribution in [2.24, 2.45) is 0 Å².